The van der Waals surface area contributed by atoms with Gasteiger partial charge in [-0.15, -0.1) is 0 Å². The fraction of sp³-hybridized carbons (Fsp3) is 0.400. The van der Waals surface area contributed by atoms with E-state index in [2.05, 4.69) is 0 Å². The number of amides is 1. The molecule has 110 valence electrons. The Labute approximate surface area is 124 Å². The van der Waals surface area contributed by atoms with Gasteiger partial charge < -0.3 is 15.4 Å². The highest BCUT2D eigenvalue weighted by molar-refractivity contribution is 5.77. The summed E-state index contributed by atoms with van der Waals surface area (Å²) in [5.74, 6) is 0.351. The average Bonchev–Trinajstić information content (AvgIpc) is 2.53. The SMILES string of the molecule is N#CCCN(CCC#N)C(=O)COc1ccc(CN)cc1. The van der Waals surface area contributed by atoms with E-state index in [0.29, 0.717) is 25.4 Å². The molecule has 0 heterocycles. The topological polar surface area (TPSA) is 103 Å². The monoisotopic (exact) mass is 286 g/mol. The molecule has 0 saturated carbocycles. The lowest BCUT2D eigenvalue weighted by molar-refractivity contribution is -0.133. The fourth-order valence-corrected chi connectivity index (χ4v) is 1.69. The number of carbonyl (C=O) groups is 1. The van der Waals surface area contributed by atoms with Gasteiger partial charge in [-0.05, 0) is 17.7 Å². The smallest absolute Gasteiger partial charge is 0.260 e. The molecule has 21 heavy (non-hydrogen) atoms. The molecule has 1 rings (SSSR count). The van der Waals surface area contributed by atoms with E-state index in [0.717, 1.165) is 5.56 Å². The highest BCUT2D eigenvalue weighted by Crippen LogP contribution is 2.12. The third kappa shape index (κ3) is 5.94. The number of nitrogens with two attached hydrogens (primary N) is 1. The molecule has 0 bridgehead atoms. The Morgan fingerprint density at radius 1 is 1.14 bits per heavy atom. The largest absolute Gasteiger partial charge is 0.484 e. The third-order valence-electron chi connectivity index (χ3n) is 2.86. The van der Waals surface area contributed by atoms with Crippen molar-refractivity contribution in [2.75, 3.05) is 19.7 Å². The zero-order valence-electron chi connectivity index (χ0n) is 11.8. The third-order valence-corrected chi connectivity index (χ3v) is 2.86. The van der Waals surface area contributed by atoms with E-state index in [-0.39, 0.29) is 25.4 Å². The average molecular weight is 286 g/mol. The van der Waals surface area contributed by atoms with Crippen LogP contribution in [-0.2, 0) is 11.3 Å². The van der Waals surface area contributed by atoms with E-state index in [1.807, 2.05) is 24.3 Å². The van der Waals surface area contributed by atoms with Crippen LogP contribution in [0.25, 0.3) is 0 Å². The van der Waals surface area contributed by atoms with E-state index >= 15 is 0 Å². The number of nitrogens with zero attached hydrogens (tertiary/aromatic N) is 3. The van der Waals surface area contributed by atoms with Crippen LogP contribution in [0.5, 0.6) is 5.75 Å². The lowest BCUT2D eigenvalue weighted by Crippen LogP contribution is -2.36. The predicted molar refractivity (Wildman–Crippen MR) is 76.9 cm³/mol. The minimum absolute atomic E-state index is 0.112. The van der Waals surface area contributed by atoms with Gasteiger partial charge in [-0.2, -0.15) is 10.5 Å². The van der Waals surface area contributed by atoms with Gasteiger partial charge in [-0.25, -0.2) is 0 Å². The van der Waals surface area contributed by atoms with Gasteiger partial charge >= 0.3 is 0 Å². The van der Waals surface area contributed by atoms with Crippen LogP contribution in [-0.4, -0.2) is 30.5 Å². The van der Waals surface area contributed by atoms with E-state index < -0.39 is 0 Å². The molecule has 0 unspecified atom stereocenters. The predicted octanol–water partition coefficient (Wildman–Crippen LogP) is 1.18. The summed E-state index contributed by atoms with van der Waals surface area (Å²) in [5.41, 5.74) is 6.49. The van der Waals surface area contributed by atoms with Gasteiger partial charge in [0, 0.05) is 19.6 Å². The minimum Gasteiger partial charge on any atom is -0.484 e. The number of nitriles is 2. The first kappa shape index (κ1) is 16.5. The van der Waals surface area contributed by atoms with Crippen molar-refractivity contribution >= 4 is 5.91 Å². The zero-order chi connectivity index (χ0) is 15.5. The molecule has 0 radical (unpaired) electrons. The molecule has 1 amide bonds. The van der Waals surface area contributed by atoms with Crippen LogP contribution in [0.2, 0.25) is 0 Å². The van der Waals surface area contributed by atoms with Crippen LogP contribution in [0.4, 0.5) is 0 Å². The van der Waals surface area contributed by atoms with Gasteiger partial charge in [0.25, 0.3) is 5.91 Å². The lowest BCUT2D eigenvalue weighted by Gasteiger charge is -2.20. The molecule has 6 heteroatoms. The van der Waals surface area contributed by atoms with Gasteiger partial charge in [0.1, 0.15) is 5.75 Å². The van der Waals surface area contributed by atoms with Crippen LogP contribution in [0.15, 0.2) is 24.3 Å². The van der Waals surface area contributed by atoms with E-state index in [1.54, 1.807) is 12.1 Å². The Bertz CT molecular complexity index is 510. The summed E-state index contributed by atoms with van der Waals surface area (Å²) in [6.45, 7) is 0.965. The van der Waals surface area contributed by atoms with Crippen LogP contribution in [0.1, 0.15) is 18.4 Å². The molecule has 0 spiro atoms. The molecule has 0 fully saturated rings. The first-order valence-electron chi connectivity index (χ1n) is 6.64. The number of rotatable bonds is 8. The number of benzene rings is 1. The molecule has 1 aromatic rings. The Kier molecular flexibility index (Phi) is 7.34. The van der Waals surface area contributed by atoms with Crippen molar-refractivity contribution in [2.24, 2.45) is 5.73 Å². The van der Waals surface area contributed by atoms with Gasteiger partial charge in [0.15, 0.2) is 6.61 Å². The van der Waals surface area contributed by atoms with Gasteiger partial charge in [0.2, 0.25) is 0 Å². The number of ether oxygens (including phenoxy) is 1. The van der Waals surface area contributed by atoms with Gasteiger partial charge in [-0.3, -0.25) is 4.79 Å². The van der Waals surface area contributed by atoms with Crippen molar-refractivity contribution in [2.45, 2.75) is 19.4 Å². The number of hydrogen-bond donors (Lipinski definition) is 1. The Morgan fingerprint density at radius 2 is 1.71 bits per heavy atom. The summed E-state index contributed by atoms with van der Waals surface area (Å²) in [6, 6.07) is 11.2. The first-order valence-corrected chi connectivity index (χ1v) is 6.64. The molecule has 0 aliphatic heterocycles. The maximum Gasteiger partial charge on any atom is 0.260 e. The van der Waals surface area contributed by atoms with Crippen molar-refractivity contribution in [1.82, 2.24) is 4.90 Å². The molecule has 0 aliphatic carbocycles. The second-order valence-corrected chi connectivity index (χ2v) is 4.33. The van der Waals surface area contributed by atoms with Gasteiger partial charge in [0.05, 0.1) is 25.0 Å². The van der Waals surface area contributed by atoms with Crippen molar-refractivity contribution in [3.05, 3.63) is 29.8 Å². The summed E-state index contributed by atoms with van der Waals surface area (Å²) in [7, 11) is 0. The molecular formula is C15H18N4O2. The fourth-order valence-electron chi connectivity index (χ4n) is 1.69. The quantitative estimate of drug-likeness (QED) is 0.772. The normalized spacial score (nSPS) is 9.48. The maximum atomic E-state index is 12.0. The minimum atomic E-state index is -0.233. The molecule has 0 aromatic heterocycles. The summed E-state index contributed by atoms with van der Waals surface area (Å²) in [4.78, 5) is 13.5. The number of hydrogen-bond acceptors (Lipinski definition) is 5. The van der Waals surface area contributed by atoms with Crippen LogP contribution in [0.3, 0.4) is 0 Å². The van der Waals surface area contributed by atoms with Gasteiger partial charge in [-0.1, -0.05) is 12.1 Å². The van der Waals surface area contributed by atoms with Crippen LogP contribution >= 0.6 is 0 Å². The van der Waals surface area contributed by atoms with Crippen LogP contribution in [0, 0.1) is 22.7 Å². The lowest BCUT2D eigenvalue weighted by atomic mass is 10.2. The second kappa shape index (κ2) is 9.35. The highest BCUT2D eigenvalue weighted by Gasteiger charge is 2.13. The summed E-state index contributed by atoms with van der Waals surface area (Å²) in [5, 5.41) is 17.2. The molecule has 0 atom stereocenters. The standard InChI is InChI=1S/C15H18N4O2/c16-7-1-9-19(10-2-8-17)15(20)12-21-14-5-3-13(11-18)4-6-14/h3-6H,1-2,9-12,18H2. The molecule has 0 saturated heterocycles. The van der Waals surface area contributed by atoms with E-state index in [9.17, 15) is 4.79 Å². The van der Waals surface area contributed by atoms with Crippen molar-refractivity contribution in [1.29, 1.82) is 10.5 Å². The summed E-state index contributed by atoms with van der Waals surface area (Å²) >= 11 is 0. The summed E-state index contributed by atoms with van der Waals surface area (Å²) in [6.07, 6.45) is 0.477. The molecule has 6 nitrogen and oxygen atoms in total. The van der Waals surface area contributed by atoms with Crippen molar-refractivity contribution in [3.8, 4) is 17.9 Å². The Balaban J connectivity index is 2.51. The van der Waals surface area contributed by atoms with E-state index in [4.69, 9.17) is 21.0 Å². The summed E-state index contributed by atoms with van der Waals surface area (Å²) < 4.78 is 5.41. The molecular weight excluding hydrogens is 268 g/mol. The molecule has 1 aromatic carbocycles. The first-order chi connectivity index (χ1) is 10.2. The number of carbonyl (C=O) groups excluding carboxylic acids is 1. The Morgan fingerprint density at radius 3 is 2.19 bits per heavy atom. The highest BCUT2D eigenvalue weighted by atomic mass is 16.5. The van der Waals surface area contributed by atoms with Crippen LogP contribution < -0.4 is 10.5 Å². The van der Waals surface area contributed by atoms with Crippen molar-refractivity contribution in [3.63, 3.8) is 0 Å². The molecule has 2 N–H and O–H groups in total. The van der Waals surface area contributed by atoms with E-state index in [1.165, 1.54) is 4.90 Å². The zero-order valence-corrected chi connectivity index (χ0v) is 11.8. The second-order valence-electron chi connectivity index (χ2n) is 4.33. The maximum absolute atomic E-state index is 12.0. The molecule has 0 aliphatic rings. The Hall–Kier alpha value is -2.57. The van der Waals surface area contributed by atoms with Crippen molar-refractivity contribution < 1.29 is 9.53 Å².